The Morgan fingerprint density at radius 3 is 1.05 bits per heavy atom. The first-order valence-electron chi connectivity index (χ1n) is 42.4. The molecule has 3 saturated heterocycles. The molecule has 17 unspecified atom stereocenters. The lowest BCUT2D eigenvalue weighted by atomic mass is 9.96. The number of amides is 1. The van der Waals surface area contributed by atoms with Crippen LogP contribution in [0.2, 0.25) is 0 Å². The van der Waals surface area contributed by atoms with Gasteiger partial charge in [-0.1, -0.05) is 339 Å². The number of unbranched alkanes of at least 4 members (excludes halogenated alkanes) is 44. The summed E-state index contributed by atoms with van der Waals surface area (Å²) in [6.45, 7) is 1.75. The molecular weight excluding hydrogens is 1310 g/mol. The normalized spacial score (nSPS) is 26.2. The maximum absolute atomic E-state index is 13.5. The van der Waals surface area contributed by atoms with Crippen LogP contribution < -0.4 is 5.32 Å². The minimum atomic E-state index is -1.97. The van der Waals surface area contributed by atoms with Gasteiger partial charge in [0.1, 0.15) is 73.2 Å². The minimum Gasteiger partial charge on any atom is -0.394 e. The van der Waals surface area contributed by atoms with E-state index in [4.69, 9.17) is 28.4 Å². The molecule has 19 heteroatoms. The molecule has 3 heterocycles. The molecule has 17 atom stereocenters. The van der Waals surface area contributed by atoms with Gasteiger partial charge in [-0.15, -0.1) is 0 Å². The van der Waals surface area contributed by atoms with Crippen molar-refractivity contribution in [1.29, 1.82) is 0 Å². The molecule has 0 bridgehead atoms. The van der Waals surface area contributed by atoms with E-state index in [0.29, 0.717) is 12.8 Å². The van der Waals surface area contributed by atoms with E-state index < -0.39 is 124 Å². The Labute approximate surface area is 624 Å². The third-order valence-electron chi connectivity index (χ3n) is 21.2. The summed E-state index contributed by atoms with van der Waals surface area (Å²) in [6, 6.07) is -0.889. The Balaban J connectivity index is 1.34. The van der Waals surface area contributed by atoms with Crippen LogP contribution in [-0.2, 0) is 33.2 Å². The van der Waals surface area contributed by atoms with Crippen molar-refractivity contribution in [1.82, 2.24) is 5.32 Å². The molecule has 19 nitrogen and oxygen atoms in total. The van der Waals surface area contributed by atoms with E-state index in [2.05, 4.69) is 67.8 Å². The second kappa shape index (κ2) is 64.6. The molecule has 3 fully saturated rings. The van der Waals surface area contributed by atoms with Gasteiger partial charge in [0.05, 0.1) is 38.6 Å². The van der Waals surface area contributed by atoms with E-state index in [1.807, 2.05) is 0 Å². The zero-order chi connectivity index (χ0) is 74.6. The molecule has 0 aromatic rings. The Hall–Kier alpha value is -2.25. The van der Waals surface area contributed by atoms with Crippen LogP contribution >= 0.6 is 0 Å². The fourth-order valence-corrected chi connectivity index (χ4v) is 14.4. The Morgan fingerprint density at radius 2 is 0.670 bits per heavy atom. The van der Waals surface area contributed by atoms with Crippen LogP contribution in [0.25, 0.3) is 0 Å². The lowest BCUT2D eigenvalue weighted by Crippen LogP contribution is -2.66. The van der Waals surface area contributed by atoms with Crippen LogP contribution in [0.3, 0.4) is 0 Å². The summed E-state index contributed by atoms with van der Waals surface area (Å²) in [4.78, 5) is 13.5. The second-order valence-electron chi connectivity index (χ2n) is 30.3. The number of allylic oxidation sites excluding steroid dienone is 8. The average molecular weight is 1470 g/mol. The highest BCUT2D eigenvalue weighted by Crippen LogP contribution is 2.33. The summed E-state index contributed by atoms with van der Waals surface area (Å²) in [5.74, 6) is -0.237. The first-order chi connectivity index (χ1) is 50.3. The molecule has 0 radical (unpaired) electrons. The summed E-state index contributed by atoms with van der Waals surface area (Å²) < 4.78 is 34.6. The smallest absolute Gasteiger partial charge is 0.220 e. The highest BCUT2D eigenvalue weighted by molar-refractivity contribution is 5.76. The predicted octanol–water partition coefficient (Wildman–Crippen LogP) is 14.8. The van der Waals surface area contributed by atoms with Crippen molar-refractivity contribution in [2.45, 2.75) is 452 Å². The summed E-state index contributed by atoms with van der Waals surface area (Å²) in [7, 11) is 0. The van der Waals surface area contributed by atoms with E-state index in [-0.39, 0.29) is 18.9 Å². The van der Waals surface area contributed by atoms with Gasteiger partial charge in [-0.05, 0) is 51.4 Å². The minimum absolute atomic E-state index is 0.237. The van der Waals surface area contributed by atoms with Crippen LogP contribution in [-0.4, -0.2) is 193 Å². The van der Waals surface area contributed by atoms with Gasteiger partial charge in [0, 0.05) is 6.42 Å². The van der Waals surface area contributed by atoms with E-state index >= 15 is 0 Å². The van der Waals surface area contributed by atoms with E-state index in [1.54, 1.807) is 0 Å². The quantitative estimate of drug-likeness (QED) is 0.0199. The first kappa shape index (κ1) is 95.0. The topological polar surface area (TPSA) is 307 Å². The van der Waals surface area contributed by atoms with Crippen molar-refractivity contribution in [3.8, 4) is 0 Å². The Morgan fingerprint density at radius 1 is 0.359 bits per heavy atom. The van der Waals surface area contributed by atoms with Gasteiger partial charge < -0.3 is 89.9 Å². The molecule has 0 aromatic carbocycles. The number of ether oxygens (including phenoxy) is 6. The van der Waals surface area contributed by atoms with Crippen LogP contribution in [0.4, 0.5) is 0 Å². The van der Waals surface area contributed by atoms with Gasteiger partial charge in [0.15, 0.2) is 18.9 Å². The van der Waals surface area contributed by atoms with Gasteiger partial charge in [-0.25, -0.2) is 0 Å². The number of nitrogens with one attached hydrogen (secondary N) is 1. The maximum Gasteiger partial charge on any atom is 0.220 e. The van der Waals surface area contributed by atoms with Crippen LogP contribution in [0.5, 0.6) is 0 Å². The first-order valence-corrected chi connectivity index (χ1v) is 42.4. The van der Waals surface area contributed by atoms with Gasteiger partial charge in [0.25, 0.3) is 0 Å². The highest BCUT2D eigenvalue weighted by Gasteiger charge is 2.54. The number of aliphatic hydroxyl groups excluding tert-OH is 11. The van der Waals surface area contributed by atoms with Crippen LogP contribution in [0.1, 0.15) is 348 Å². The summed E-state index contributed by atoms with van der Waals surface area (Å²) in [5.41, 5.74) is 0. The van der Waals surface area contributed by atoms with Crippen molar-refractivity contribution in [2.75, 3.05) is 26.4 Å². The van der Waals surface area contributed by atoms with Crippen LogP contribution in [0.15, 0.2) is 48.6 Å². The van der Waals surface area contributed by atoms with Gasteiger partial charge in [0.2, 0.25) is 5.91 Å². The molecule has 3 aliphatic heterocycles. The molecule has 3 rings (SSSR count). The zero-order valence-electron chi connectivity index (χ0n) is 64.8. The monoisotopic (exact) mass is 1470 g/mol. The number of rotatable bonds is 68. The van der Waals surface area contributed by atoms with E-state index in [0.717, 1.165) is 70.6 Å². The third-order valence-corrected chi connectivity index (χ3v) is 21.2. The summed E-state index contributed by atoms with van der Waals surface area (Å²) in [6.07, 6.45) is 54.9. The summed E-state index contributed by atoms with van der Waals surface area (Å²) in [5, 5.41) is 121. The zero-order valence-corrected chi connectivity index (χ0v) is 64.8. The maximum atomic E-state index is 13.5. The van der Waals surface area contributed by atoms with Crippen molar-refractivity contribution < 1.29 is 89.4 Å². The average Bonchev–Trinajstić information content (AvgIpc) is 0.781. The Kier molecular flexibility index (Phi) is 59.5. The SMILES string of the molecule is CC/C=C\C/C=C\C/C=C\C/C=C\CCCCCCCCCCCCCCCCCCCCC(=O)NC(COC1OC(CO)C(OC2OC(CO)C(OC3OC(CO)C(O)C(O)C3O)C(O)C2O)C(O)C1O)C(O)CCCCCCCCCCCCCCCCCCCCCCCCCCCCC. The van der Waals surface area contributed by atoms with Gasteiger partial charge >= 0.3 is 0 Å². The number of carbonyl (C=O) groups is 1. The summed E-state index contributed by atoms with van der Waals surface area (Å²) >= 11 is 0. The predicted molar refractivity (Wildman–Crippen MR) is 411 cm³/mol. The van der Waals surface area contributed by atoms with E-state index in [1.165, 1.54) is 244 Å². The lowest BCUT2D eigenvalue weighted by Gasteiger charge is -2.48. The molecule has 3 aliphatic rings. The van der Waals surface area contributed by atoms with E-state index in [9.17, 15) is 61.0 Å². The molecule has 0 saturated carbocycles. The molecule has 103 heavy (non-hydrogen) atoms. The van der Waals surface area contributed by atoms with Crippen molar-refractivity contribution in [3.63, 3.8) is 0 Å². The highest BCUT2D eigenvalue weighted by atomic mass is 16.8. The number of hydrogen-bond donors (Lipinski definition) is 12. The van der Waals surface area contributed by atoms with Crippen molar-refractivity contribution in [3.05, 3.63) is 48.6 Å². The largest absolute Gasteiger partial charge is 0.394 e. The fourth-order valence-electron chi connectivity index (χ4n) is 14.4. The number of hydrogen-bond acceptors (Lipinski definition) is 18. The van der Waals surface area contributed by atoms with Crippen molar-refractivity contribution in [2.24, 2.45) is 0 Å². The standard InChI is InChI=1S/C84H155NO18/c1-3-5-7-9-11-13-15-17-19-21-23-25-27-29-31-32-33-34-36-38-40-42-44-46-48-50-52-54-56-58-60-62-72(90)85-67(68(89)61-59-57-55-53-51-49-47-45-43-41-39-37-35-30-28-26-24-22-20-18-16-14-12-10-8-6-4-2)66-98-82-78(96)75(93)80(70(64-87)100-82)103-84-79(97)76(94)81(71(65-88)101-84)102-83-77(95)74(92)73(91)69(63-86)99-83/h5,7,11,13,17,19,23,25,67-71,73-84,86-89,91-97H,3-4,6,8-10,12,14-16,18,20-22,24,26-66H2,1-2H3,(H,85,90)/b7-5-,13-11-,19-17-,25-23-. The molecule has 1 amide bonds. The van der Waals surface area contributed by atoms with Gasteiger partial charge in [-0.3, -0.25) is 4.79 Å². The molecule has 0 aliphatic carbocycles. The number of carbonyl (C=O) groups excluding carboxylic acids is 1. The fraction of sp³-hybridized carbons (Fsp3) is 0.893. The second-order valence-corrected chi connectivity index (χ2v) is 30.3. The lowest BCUT2D eigenvalue weighted by molar-refractivity contribution is -0.379. The van der Waals surface area contributed by atoms with Gasteiger partial charge in [-0.2, -0.15) is 0 Å². The van der Waals surface area contributed by atoms with Crippen LogP contribution in [0, 0.1) is 0 Å². The molecule has 0 aromatic heterocycles. The number of aliphatic hydroxyl groups is 11. The molecular formula is C84H155NO18. The van der Waals surface area contributed by atoms with Crippen molar-refractivity contribution >= 4 is 5.91 Å². The Bertz CT molecular complexity index is 2050. The third kappa shape index (κ3) is 44.3. The molecule has 0 spiro atoms. The molecule has 604 valence electrons. The molecule has 12 N–H and O–H groups in total.